The number of nitrogens with two attached hydrogens (primary N) is 1. The number of urea groups is 1. The van der Waals surface area contributed by atoms with Crippen LogP contribution in [0.15, 0.2) is 41.8 Å². The van der Waals surface area contributed by atoms with Gasteiger partial charge in [0.25, 0.3) is 0 Å². The third-order valence-electron chi connectivity index (χ3n) is 4.34. The van der Waals surface area contributed by atoms with Crippen LogP contribution in [-0.4, -0.2) is 18.0 Å². The molecule has 1 aromatic heterocycles. The zero-order valence-corrected chi connectivity index (χ0v) is 15.6. The lowest BCUT2D eigenvalue weighted by Crippen LogP contribution is -2.47. The van der Waals surface area contributed by atoms with Crippen LogP contribution in [0.4, 0.5) is 4.79 Å². The average molecular weight is 359 g/mol. The summed E-state index contributed by atoms with van der Waals surface area (Å²) in [5.41, 5.74) is 7.41. The van der Waals surface area contributed by atoms with Gasteiger partial charge < -0.3 is 5.73 Å². The van der Waals surface area contributed by atoms with Crippen molar-refractivity contribution in [1.29, 1.82) is 0 Å². The van der Waals surface area contributed by atoms with Crippen molar-refractivity contribution in [2.75, 3.05) is 0 Å². The highest BCUT2D eigenvalue weighted by atomic mass is 32.1. The molecule has 1 aromatic carbocycles. The van der Waals surface area contributed by atoms with Crippen LogP contribution in [0.2, 0.25) is 0 Å². The summed E-state index contributed by atoms with van der Waals surface area (Å²) in [6.45, 7) is 6.10. The van der Waals surface area contributed by atoms with E-state index in [4.69, 9.17) is 5.73 Å². The second-order valence-electron chi connectivity index (χ2n) is 6.17. The predicted octanol–water partition coefficient (Wildman–Crippen LogP) is 3.52. The topological polar surface area (TPSA) is 84.2 Å². The second kappa shape index (κ2) is 8.78. The number of carbonyl (C=O) groups excluding carboxylic acids is 2. The van der Waals surface area contributed by atoms with E-state index in [9.17, 15) is 9.59 Å². The largest absolute Gasteiger partial charge is 0.351 e. The molecule has 0 bridgehead atoms. The van der Waals surface area contributed by atoms with Crippen molar-refractivity contribution in [2.45, 2.75) is 45.2 Å². The molecule has 2 rings (SSSR count). The van der Waals surface area contributed by atoms with Crippen molar-refractivity contribution in [1.82, 2.24) is 10.6 Å². The molecule has 3 amide bonds. The highest BCUT2D eigenvalue weighted by Gasteiger charge is 2.22. The highest BCUT2D eigenvalue weighted by molar-refractivity contribution is 7.10. The maximum atomic E-state index is 12.0. The van der Waals surface area contributed by atoms with Crippen LogP contribution < -0.4 is 16.4 Å². The smallest absolute Gasteiger partial charge is 0.318 e. The lowest BCUT2D eigenvalue weighted by molar-refractivity contribution is -0.121. The molecule has 6 heteroatoms. The Bertz CT molecular complexity index is 698. The number of benzene rings is 1. The Morgan fingerprint density at radius 3 is 2.28 bits per heavy atom. The number of hydrogen-bond donors (Lipinski definition) is 3. The molecule has 25 heavy (non-hydrogen) atoms. The van der Waals surface area contributed by atoms with E-state index in [0.717, 1.165) is 16.9 Å². The molecular formula is C19H25N3O2S. The van der Waals surface area contributed by atoms with Crippen LogP contribution in [0.1, 0.15) is 55.2 Å². The minimum atomic E-state index is -0.843. The van der Waals surface area contributed by atoms with E-state index in [0.29, 0.717) is 5.92 Å². The van der Waals surface area contributed by atoms with Gasteiger partial charge in [0.2, 0.25) is 5.91 Å². The molecule has 0 saturated carbocycles. The molecule has 0 fully saturated rings. The zero-order valence-electron chi connectivity index (χ0n) is 14.8. The Kier molecular flexibility index (Phi) is 6.73. The fourth-order valence-corrected chi connectivity index (χ4v) is 3.42. The van der Waals surface area contributed by atoms with Crippen molar-refractivity contribution in [2.24, 2.45) is 5.73 Å². The Hall–Kier alpha value is -2.18. The van der Waals surface area contributed by atoms with Crippen molar-refractivity contribution in [3.05, 3.63) is 57.8 Å². The van der Waals surface area contributed by atoms with Crippen molar-refractivity contribution in [3.8, 4) is 0 Å². The van der Waals surface area contributed by atoms with Crippen molar-refractivity contribution in [3.63, 3.8) is 0 Å². The molecule has 0 aliphatic rings. The van der Waals surface area contributed by atoms with Gasteiger partial charge in [-0.05, 0) is 41.8 Å². The van der Waals surface area contributed by atoms with Gasteiger partial charge in [0, 0.05) is 4.88 Å². The van der Waals surface area contributed by atoms with Crippen molar-refractivity contribution >= 4 is 23.3 Å². The fraction of sp³-hybridized carbons (Fsp3) is 0.368. The molecule has 5 nitrogen and oxygen atoms in total. The maximum Gasteiger partial charge on any atom is 0.318 e. The zero-order chi connectivity index (χ0) is 18.4. The summed E-state index contributed by atoms with van der Waals surface area (Å²) in [5, 5.41) is 7.42. The normalized spacial score (nSPS) is 14.5. The number of amides is 3. The average Bonchev–Trinajstić information content (AvgIpc) is 3.12. The molecule has 1 heterocycles. The minimum Gasteiger partial charge on any atom is -0.351 e. The quantitative estimate of drug-likeness (QED) is 0.707. The first-order chi connectivity index (χ1) is 11.9. The molecule has 0 spiro atoms. The molecule has 0 saturated heterocycles. The van der Waals surface area contributed by atoms with Gasteiger partial charge in [0.15, 0.2) is 0 Å². The SMILES string of the molecule is CC[C@@H](C)c1ccc([C@H](N[C@@H](C)C(=O)NC(N)=O)c2cccs2)cc1. The van der Waals surface area contributed by atoms with Gasteiger partial charge in [-0.2, -0.15) is 0 Å². The molecule has 0 aliphatic heterocycles. The molecule has 3 atom stereocenters. The van der Waals surface area contributed by atoms with E-state index in [-0.39, 0.29) is 6.04 Å². The number of thiophene rings is 1. The summed E-state index contributed by atoms with van der Waals surface area (Å²) in [6.07, 6.45) is 1.09. The van der Waals surface area contributed by atoms with E-state index in [1.54, 1.807) is 18.3 Å². The van der Waals surface area contributed by atoms with E-state index >= 15 is 0 Å². The lowest BCUT2D eigenvalue weighted by atomic mass is 9.95. The van der Waals surface area contributed by atoms with E-state index in [1.807, 2.05) is 17.5 Å². The summed E-state index contributed by atoms with van der Waals surface area (Å²) in [6, 6.07) is 11.0. The number of primary amides is 1. The van der Waals surface area contributed by atoms with Crippen LogP contribution in [0, 0.1) is 0 Å². The van der Waals surface area contributed by atoms with Crippen LogP contribution in [0.3, 0.4) is 0 Å². The number of hydrogen-bond acceptors (Lipinski definition) is 4. The monoisotopic (exact) mass is 359 g/mol. The fourth-order valence-electron chi connectivity index (χ4n) is 2.61. The third-order valence-corrected chi connectivity index (χ3v) is 5.27. The molecule has 0 aliphatic carbocycles. The Morgan fingerprint density at radius 1 is 1.12 bits per heavy atom. The first kappa shape index (κ1) is 19.1. The number of rotatable bonds is 7. The van der Waals surface area contributed by atoms with Crippen LogP contribution in [0.25, 0.3) is 0 Å². The van der Waals surface area contributed by atoms with Gasteiger partial charge in [0.05, 0.1) is 12.1 Å². The molecular weight excluding hydrogens is 334 g/mol. The molecule has 4 N–H and O–H groups in total. The van der Waals surface area contributed by atoms with Gasteiger partial charge in [-0.25, -0.2) is 4.79 Å². The van der Waals surface area contributed by atoms with Crippen LogP contribution >= 0.6 is 11.3 Å². The Balaban J connectivity index is 2.22. The summed E-state index contributed by atoms with van der Waals surface area (Å²) in [7, 11) is 0. The van der Waals surface area contributed by atoms with Crippen molar-refractivity contribution < 1.29 is 9.59 Å². The van der Waals surface area contributed by atoms with E-state index in [1.165, 1.54) is 5.56 Å². The standard InChI is InChI=1S/C19H25N3O2S/c1-4-12(2)14-7-9-15(10-8-14)17(16-6-5-11-25-16)21-13(3)18(23)22-19(20)24/h5-13,17,21H,4H2,1-3H3,(H3,20,22,23,24)/t12-,13+,17+/m1/s1. The number of carbonyl (C=O) groups is 2. The van der Waals surface area contributed by atoms with Gasteiger partial charge in [-0.1, -0.05) is 44.2 Å². The van der Waals surface area contributed by atoms with E-state index < -0.39 is 18.0 Å². The molecule has 0 unspecified atom stereocenters. The lowest BCUT2D eigenvalue weighted by Gasteiger charge is -2.23. The third kappa shape index (κ3) is 5.14. The van der Waals surface area contributed by atoms with Gasteiger partial charge in [-0.3, -0.25) is 15.4 Å². The second-order valence-corrected chi connectivity index (χ2v) is 7.15. The number of imide groups is 1. The van der Waals surface area contributed by atoms with Gasteiger partial charge in [-0.15, -0.1) is 11.3 Å². The molecule has 2 aromatic rings. The first-order valence-corrected chi connectivity index (χ1v) is 9.30. The molecule has 0 radical (unpaired) electrons. The highest BCUT2D eigenvalue weighted by Crippen LogP contribution is 2.28. The van der Waals surface area contributed by atoms with E-state index in [2.05, 4.69) is 48.7 Å². The minimum absolute atomic E-state index is 0.125. The van der Waals surface area contributed by atoms with Gasteiger partial charge >= 0.3 is 6.03 Å². The van der Waals surface area contributed by atoms with Crippen LogP contribution in [-0.2, 0) is 4.79 Å². The molecule has 134 valence electrons. The summed E-state index contributed by atoms with van der Waals surface area (Å²) < 4.78 is 0. The summed E-state index contributed by atoms with van der Waals surface area (Å²) >= 11 is 1.62. The number of nitrogens with one attached hydrogen (secondary N) is 2. The first-order valence-electron chi connectivity index (χ1n) is 8.42. The maximum absolute atomic E-state index is 12.0. The van der Waals surface area contributed by atoms with Crippen LogP contribution in [0.5, 0.6) is 0 Å². The predicted molar refractivity (Wildman–Crippen MR) is 102 cm³/mol. The Labute approximate surface area is 152 Å². The summed E-state index contributed by atoms with van der Waals surface area (Å²) in [4.78, 5) is 24.0. The van der Waals surface area contributed by atoms with Gasteiger partial charge in [0.1, 0.15) is 0 Å². The summed E-state index contributed by atoms with van der Waals surface area (Å²) in [5.74, 6) is 0.0766. The Morgan fingerprint density at radius 2 is 1.76 bits per heavy atom.